The standard InChI is InChI=1S/C13H24N4O2.ClH/c1-11(18)15-5-7-16(8-6-15)13(19)10-17-4-2-3-12(17)9-14;/h12H,2-10,14H2,1H3;1H. The number of rotatable bonds is 3. The van der Waals surface area contributed by atoms with Gasteiger partial charge in [0.05, 0.1) is 6.54 Å². The second kappa shape index (κ2) is 7.81. The Morgan fingerprint density at radius 2 is 1.70 bits per heavy atom. The first-order chi connectivity index (χ1) is 9.11. The lowest BCUT2D eigenvalue weighted by atomic mass is 10.2. The van der Waals surface area contributed by atoms with Gasteiger partial charge in [0.1, 0.15) is 0 Å². The van der Waals surface area contributed by atoms with Gasteiger partial charge in [0.2, 0.25) is 11.8 Å². The summed E-state index contributed by atoms with van der Waals surface area (Å²) in [5.41, 5.74) is 5.72. The molecule has 1 atom stereocenters. The number of carbonyl (C=O) groups is 2. The molecule has 0 bridgehead atoms. The zero-order chi connectivity index (χ0) is 13.8. The second-order valence-corrected chi connectivity index (χ2v) is 5.39. The number of halogens is 1. The highest BCUT2D eigenvalue weighted by atomic mass is 35.5. The summed E-state index contributed by atoms with van der Waals surface area (Å²) in [6.07, 6.45) is 2.23. The largest absolute Gasteiger partial charge is 0.339 e. The van der Waals surface area contributed by atoms with E-state index >= 15 is 0 Å². The third-order valence-electron chi connectivity index (χ3n) is 4.19. The van der Waals surface area contributed by atoms with Gasteiger partial charge in [-0.2, -0.15) is 0 Å². The number of likely N-dealkylation sites (tertiary alicyclic amines) is 1. The van der Waals surface area contributed by atoms with Gasteiger partial charge in [0.15, 0.2) is 0 Å². The van der Waals surface area contributed by atoms with Crippen molar-refractivity contribution in [2.24, 2.45) is 5.73 Å². The summed E-state index contributed by atoms with van der Waals surface area (Å²) >= 11 is 0. The van der Waals surface area contributed by atoms with E-state index in [9.17, 15) is 9.59 Å². The Morgan fingerprint density at radius 3 is 2.25 bits per heavy atom. The van der Waals surface area contributed by atoms with Crippen LogP contribution in [0.5, 0.6) is 0 Å². The van der Waals surface area contributed by atoms with Gasteiger partial charge < -0.3 is 15.5 Å². The van der Waals surface area contributed by atoms with E-state index in [4.69, 9.17) is 5.73 Å². The Bertz CT molecular complexity index is 345. The van der Waals surface area contributed by atoms with Gasteiger partial charge in [0.25, 0.3) is 0 Å². The van der Waals surface area contributed by atoms with Crippen LogP contribution in [-0.2, 0) is 9.59 Å². The van der Waals surface area contributed by atoms with Crippen molar-refractivity contribution in [2.45, 2.75) is 25.8 Å². The molecule has 0 aromatic carbocycles. The molecule has 2 N–H and O–H groups in total. The van der Waals surface area contributed by atoms with E-state index in [2.05, 4.69) is 4.90 Å². The number of nitrogens with two attached hydrogens (primary N) is 1. The average Bonchev–Trinajstić information content (AvgIpc) is 2.86. The van der Waals surface area contributed by atoms with Crippen molar-refractivity contribution in [1.82, 2.24) is 14.7 Å². The molecule has 20 heavy (non-hydrogen) atoms. The van der Waals surface area contributed by atoms with E-state index < -0.39 is 0 Å². The van der Waals surface area contributed by atoms with Crippen LogP contribution in [0, 0.1) is 0 Å². The third-order valence-corrected chi connectivity index (χ3v) is 4.19. The molecule has 2 aliphatic rings. The molecule has 2 amide bonds. The molecule has 2 aliphatic heterocycles. The summed E-state index contributed by atoms with van der Waals surface area (Å²) in [5, 5.41) is 0. The summed E-state index contributed by atoms with van der Waals surface area (Å²) < 4.78 is 0. The highest BCUT2D eigenvalue weighted by molar-refractivity contribution is 5.85. The van der Waals surface area contributed by atoms with E-state index in [0.717, 1.165) is 19.4 Å². The molecule has 0 radical (unpaired) electrons. The number of amides is 2. The van der Waals surface area contributed by atoms with Crippen molar-refractivity contribution in [2.75, 3.05) is 45.8 Å². The predicted molar refractivity (Wildman–Crippen MR) is 79.7 cm³/mol. The van der Waals surface area contributed by atoms with Gasteiger partial charge >= 0.3 is 0 Å². The number of hydrogen-bond donors (Lipinski definition) is 1. The number of piperazine rings is 1. The van der Waals surface area contributed by atoms with Crippen molar-refractivity contribution < 1.29 is 9.59 Å². The molecule has 116 valence electrons. The minimum absolute atomic E-state index is 0. The lowest BCUT2D eigenvalue weighted by Gasteiger charge is -2.35. The van der Waals surface area contributed by atoms with Crippen LogP contribution < -0.4 is 5.73 Å². The summed E-state index contributed by atoms with van der Waals surface area (Å²) in [6.45, 7) is 6.27. The van der Waals surface area contributed by atoms with E-state index in [-0.39, 0.29) is 24.2 Å². The molecule has 7 heteroatoms. The zero-order valence-electron chi connectivity index (χ0n) is 12.1. The highest BCUT2D eigenvalue weighted by Crippen LogP contribution is 2.16. The smallest absolute Gasteiger partial charge is 0.236 e. The predicted octanol–water partition coefficient (Wildman–Crippen LogP) is -0.478. The fourth-order valence-electron chi connectivity index (χ4n) is 2.91. The van der Waals surface area contributed by atoms with Gasteiger partial charge in [-0.25, -0.2) is 0 Å². The van der Waals surface area contributed by atoms with Crippen LogP contribution in [0.3, 0.4) is 0 Å². The minimum Gasteiger partial charge on any atom is -0.339 e. The topological polar surface area (TPSA) is 69.9 Å². The van der Waals surface area contributed by atoms with Crippen molar-refractivity contribution in [3.63, 3.8) is 0 Å². The van der Waals surface area contributed by atoms with Crippen LogP contribution in [0.1, 0.15) is 19.8 Å². The molecule has 2 rings (SSSR count). The highest BCUT2D eigenvalue weighted by Gasteiger charge is 2.28. The fraction of sp³-hybridized carbons (Fsp3) is 0.846. The van der Waals surface area contributed by atoms with E-state index in [1.165, 1.54) is 0 Å². The van der Waals surface area contributed by atoms with Crippen molar-refractivity contribution in [3.8, 4) is 0 Å². The maximum absolute atomic E-state index is 12.2. The Kier molecular flexibility index (Phi) is 6.71. The first-order valence-electron chi connectivity index (χ1n) is 7.09. The molecule has 0 aromatic heterocycles. The Balaban J connectivity index is 0.00000200. The quantitative estimate of drug-likeness (QED) is 0.765. The van der Waals surface area contributed by atoms with Crippen LogP contribution in [0.25, 0.3) is 0 Å². The van der Waals surface area contributed by atoms with E-state index in [1.54, 1.807) is 11.8 Å². The molecule has 0 aliphatic carbocycles. The maximum Gasteiger partial charge on any atom is 0.236 e. The second-order valence-electron chi connectivity index (χ2n) is 5.39. The molecular formula is C13H25ClN4O2. The van der Waals surface area contributed by atoms with Gasteiger partial charge in [-0.05, 0) is 19.4 Å². The molecule has 6 nitrogen and oxygen atoms in total. The van der Waals surface area contributed by atoms with Gasteiger partial charge in [-0.15, -0.1) is 12.4 Å². The van der Waals surface area contributed by atoms with Crippen LogP contribution in [-0.4, -0.2) is 78.4 Å². The molecule has 2 saturated heterocycles. The summed E-state index contributed by atoms with van der Waals surface area (Å²) in [5.74, 6) is 0.262. The maximum atomic E-state index is 12.2. The Morgan fingerprint density at radius 1 is 1.10 bits per heavy atom. The molecule has 0 saturated carbocycles. The van der Waals surface area contributed by atoms with Crippen LogP contribution in [0.4, 0.5) is 0 Å². The third kappa shape index (κ3) is 4.07. The van der Waals surface area contributed by atoms with E-state index in [0.29, 0.717) is 45.3 Å². The first-order valence-corrected chi connectivity index (χ1v) is 7.09. The molecular weight excluding hydrogens is 280 g/mol. The molecule has 0 aromatic rings. The van der Waals surface area contributed by atoms with Gasteiger partial charge in [0, 0.05) is 45.7 Å². The molecule has 2 heterocycles. The molecule has 2 fully saturated rings. The first kappa shape index (κ1) is 17.2. The van der Waals surface area contributed by atoms with Crippen molar-refractivity contribution in [3.05, 3.63) is 0 Å². The van der Waals surface area contributed by atoms with E-state index in [1.807, 2.05) is 4.90 Å². The SMILES string of the molecule is CC(=O)N1CCN(C(=O)CN2CCCC2CN)CC1.Cl. The summed E-state index contributed by atoms with van der Waals surface area (Å²) in [7, 11) is 0. The number of nitrogens with zero attached hydrogens (tertiary/aromatic N) is 3. The lowest BCUT2D eigenvalue weighted by Crippen LogP contribution is -2.52. The molecule has 1 unspecified atom stereocenters. The van der Waals surface area contributed by atoms with Crippen molar-refractivity contribution in [1.29, 1.82) is 0 Å². The molecule has 0 spiro atoms. The monoisotopic (exact) mass is 304 g/mol. The van der Waals surface area contributed by atoms with Gasteiger partial charge in [-0.1, -0.05) is 0 Å². The fourth-order valence-corrected chi connectivity index (χ4v) is 2.91. The van der Waals surface area contributed by atoms with Crippen molar-refractivity contribution >= 4 is 24.2 Å². The normalized spacial score (nSPS) is 23.6. The minimum atomic E-state index is 0. The lowest BCUT2D eigenvalue weighted by molar-refractivity contribution is -0.139. The Hall–Kier alpha value is -0.850. The van der Waals surface area contributed by atoms with Crippen LogP contribution >= 0.6 is 12.4 Å². The van der Waals surface area contributed by atoms with Crippen LogP contribution in [0.15, 0.2) is 0 Å². The average molecular weight is 305 g/mol. The van der Waals surface area contributed by atoms with Crippen LogP contribution in [0.2, 0.25) is 0 Å². The zero-order valence-corrected chi connectivity index (χ0v) is 12.9. The number of carbonyl (C=O) groups excluding carboxylic acids is 2. The summed E-state index contributed by atoms with van der Waals surface area (Å²) in [6, 6.07) is 0.363. The van der Waals surface area contributed by atoms with Gasteiger partial charge in [-0.3, -0.25) is 14.5 Å². The Labute approximate surface area is 126 Å². The number of hydrogen-bond acceptors (Lipinski definition) is 4. The summed E-state index contributed by atoms with van der Waals surface area (Å²) in [4.78, 5) is 29.3.